The third-order valence-corrected chi connectivity index (χ3v) is 8.93. The normalized spacial score (nSPS) is 11.9. The lowest BCUT2D eigenvalue weighted by molar-refractivity contribution is 0.0497. The first-order valence-corrected chi connectivity index (χ1v) is 10.7. The molecule has 0 amide bonds. The number of ether oxygens (including phenoxy) is 2. The highest BCUT2D eigenvalue weighted by Crippen LogP contribution is 2.41. The van der Waals surface area contributed by atoms with Crippen LogP contribution < -0.4 is 9.16 Å². The molecule has 0 heterocycles. The van der Waals surface area contributed by atoms with Crippen LogP contribution in [0.15, 0.2) is 12.1 Å². The smallest absolute Gasteiger partial charge is 0.250 e. The second kappa shape index (κ2) is 7.03. The van der Waals surface area contributed by atoms with Crippen LogP contribution in [0.2, 0.25) is 18.1 Å². The quantitative estimate of drug-likeness (QED) is 0.302. The first kappa shape index (κ1) is 18.3. The van der Waals surface area contributed by atoms with E-state index < -0.39 is 8.32 Å². The molecular weight excluding hydrogens is 395 g/mol. The summed E-state index contributed by atoms with van der Waals surface area (Å²) in [6, 6.07) is 3.78. The Morgan fingerprint density at radius 1 is 1.24 bits per heavy atom. The van der Waals surface area contributed by atoms with Gasteiger partial charge in [-0.3, -0.25) is 0 Å². The summed E-state index contributed by atoms with van der Waals surface area (Å²) < 4.78 is 17.9. The Balaban J connectivity index is 3.23. The Labute approximate surface area is 142 Å². The molecule has 0 aromatic heterocycles. The lowest BCUT2D eigenvalue weighted by Gasteiger charge is -2.37. The zero-order valence-corrected chi connectivity index (χ0v) is 16.7. The van der Waals surface area contributed by atoms with E-state index in [0.717, 1.165) is 9.13 Å². The highest BCUT2D eigenvalue weighted by Gasteiger charge is 2.39. The number of terminal acetylenes is 1. The van der Waals surface area contributed by atoms with E-state index >= 15 is 0 Å². The van der Waals surface area contributed by atoms with Crippen molar-refractivity contribution in [3.63, 3.8) is 0 Å². The van der Waals surface area contributed by atoms with E-state index in [1.807, 2.05) is 12.1 Å². The molecule has 21 heavy (non-hydrogen) atoms. The van der Waals surface area contributed by atoms with Crippen LogP contribution in [0, 0.1) is 15.9 Å². The summed E-state index contributed by atoms with van der Waals surface area (Å²) in [5, 5.41) is 0.102. The first-order valence-electron chi connectivity index (χ1n) is 6.73. The van der Waals surface area contributed by atoms with Crippen LogP contribution >= 0.6 is 22.6 Å². The molecule has 5 heteroatoms. The molecule has 0 aliphatic heterocycles. The van der Waals surface area contributed by atoms with Gasteiger partial charge in [-0.05, 0) is 52.9 Å². The summed E-state index contributed by atoms with van der Waals surface area (Å²) in [5.41, 5.74) is 0.814. The van der Waals surface area contributed by atoms with Gasteiger partial charge in [-0.15, -0.1) is 6.42 Å². The van der Waals surface area contributed by atoms with Gasteiger partial charge >= 0.3 is 0 Å². The van der Waals surface area contributed by atoms with Gasteiger partial charge in [0.2, 0.25) is 0 Å². The maximum Gasteiger partial charge on any atom is 0.250 e. The molecule has 0 bridgehead atoms. The zero-order chi connectivity index (χ0) is 16.3. The summed E-state index contributed by atoms with van der Waals surface area (Å²) in [7, 11) is -0.369. The minimum atomic E-state index is -1.96. The van der Waals surface area contributed by atoms with Gasteiger partial charge in [-0.1, -0.05) is 26.7 Å². The fourth-order valence-electron chi connectivity index (χ4n) is 1.39. The Morgan fingerprint density at radius 3 is 2.33 bits per heavy atom. The monoisotopic (exact) mass is 418 g/mol. The molecule has 1 rings (SSSR count). The van der Waals surface area contributed by atoms with Crippen molar-refractivity contribution in [2.24, 2.45) is 0 Å². The molecule has 1 aromatic carbocycles. The van der Waals surface area contributed by atoms with Crippen LogP contribution in [-0.2, 0) is 4.74 Å². The van der Waals surface area contributed by atoms with E-state index in [-0.39, 0.29) is 11.8 Å². The van der Waals surface area contributed by atoms with Gasteiger partial charge in [-0.2, -0.15) is 0 Å². The van der Waals surface area contributed by atoms with E-state index in [4.69, 9.17) is 20.3 Å². The third kappa shape index (κ3) is 4.63. The molecule has 0 atom stereocenters. The summed E-state index contributed by atoms with van der Waals surface area (Å²) in [5.74, 6) is 4.06. The number of hydrogen-bond acceptors (Lipinski definition) is 3. The van der Waals surface area contributed by atoms with Gasteiger partial charge in [-0.25, -0.2) is 0 Å². The predicted molar refractivity (Wildman–Crippen MR) is 97.4 cm³/mol. The van der Waals surface area contributed by atoms with Crippen LogP contribution in [0.3, 0.4) is 0 Å². The van der Waals surface area contributed by atoms with Crippen molar-refractivity contribution in [1.29, 1.82) is 0 Å². The summed E-state index contributed by atoms with van der Waals surface area (Å²) >= 11 is 2.20. The molecule has 0 radical (unpaired) electrons. The maximum atomic E-state index is 6.35. The van der Waals surface area contributed by atoms with Gasteiger partial charge in [0.05, 0.1) is 0 Å². The van der Waals surface area contributed by atoms with Gasteiger partial charge in [0.1, 0.15) is 5.75 Å². The molecule has 0 aliphatic rings. The number of hydrogen-bond donors (Lipinski definition) is 0. The van der Waals surface area contributed by atoms with E-state index in [1.165, 1.54) is 0 Å². The van der Waals surface area contributed by atoms with E-state index in [9.17, 15) is 0 Å². The van der Waals surface area contributed by atoms with Gasteiger partial charge < -0.3 is 13.9 Å². The zero-order valence-electron chi connectivity index (χ0n) is 13.5. The summed E-state index contributed by atoms with van der Waals surface area (Å²) in [6.07, 6.45) is 5.55. The largest absolute Gasteiger partial charge is 0.541 e. The fraction of sp³-hybridized carbons (Fsp3) is 0.500. The van der Waals surface area contributed by atoms with E-state index in [0.29, 0.717) is 11.5 Å². The SMILES string of the molecule is C#Cc1cc(O[Si](C)(C)C(C)(C)C)c(OCOC)cc1I. The Kier molecular flexibility index (Phi) is 6.14. The van der Waals surface area contributed by atoms with Crippen LogP contribution in [0.5, 0.6) is 11.5 Å². The summed E-state index contributed by atoms with van der Waals surface area (Å²) in [6.45, 7) is 11.2. The Bertz CT molecular complexity index is 542. The molecule has 1 aromatic rings. The molecule has 0 saturated carbocycles. The standard InChI is InChI=1S/C16H23IO3Si/c1-8-12-9-15(20-21(6,7)16(2,3)4)14(10-13(12)17)19-11-18-5/h1,9-10H,11H2,2-7H3. The molecule has 0 saturated heterocycles. The van der Waals surface area contributed by atoms with Crippen molar-refractivity contribution in [2.75, 3.05) is 13.9 Å². The van der Waals surface area contributed by atoms with E-state index in [2.05, 4.69) is 62.4 Å². The molecular formula is C16H23IO3Si. The lowest BCUT2D eigenvalue weighted by Crippen LogP contribution is -2.44. The molecule has 0 spiro atoms. The molecule has 0 aliphatic carbocycles. The minimum absolute atomic E-state index is 0.102. The second-order valence-electron chi connectivity index (χ2n) is 6.34. The van der Waals surface area contributed by atoms with Crippen molar-refractivity contribution < 1.29 is 13.9 Å². The molecule has 3 nitrogen and oxygen atoms in total. The molecule has 0 N–H and O–H groups in total. The van der Waals surface area contributed by atoms with Gasteiger partial charge in [0, 0.05) is 16.2 Å². The molecule has 0 unspecified atom stereocenters. The van der Waals surface area contributed by atoms with Crippen molar-refractivity contribution in [1.82, 2.24) is 0 Å². The first-order chi connectivity index (χ1) is 9.62. The topological polar surface area (TPSA) is 27.7 Å². The van der Waals surface area contributed by atoms with Crippen LogP contribution in [0.1, 0.15) is 26.3 Å². The average Bonchev–Trinajstić information content (AvgIpc) is 2.37. The van der Waals surface area contributed by atoms with Crippen LogP contribution in [0.4, 0.5) is 0 Å². The second-order valence-corrected chi connectivity index (χ2v) is 12.2. The predicted octanol–water partition coefficient (Wildman–Crippen LogP) is 4.64. The Hall–Kier alpha value is -0.713. The highest BCUT2D eigenvalue weighted by atomic mass is 127. The van der Waals surface area contributed by atoms with Crippen LogP contribution in [0.25, 0.3) is 0 Å². The van der Waals surface area contributed by atoms with Gasteiger partial charge in [0.25, 0.3) is 8.32 Å². The minimum Gasteiger partial charge on any atom is -0.541 e. The third-order valence-electron chi connectivity index (χ3n) is 3.69. The number of rotatable bonds is 5. The van der Waals surface area contributed by atoms with Crippen molar-refractivity contribution in [2.45, 2.75) is 38.9 Å². The number of halogens is 1. The molecule has 0 fully saturated rings. The highest BCUT2D eigenvalue weighted by molar-refractivity contribution is 14.1. The van der Waals surface area contributed by atoms with Crippen molar-refractivity contribution in [3.8, 4) is 23.8 Å². The number of methoxy groups -OCH3 is 1. The van der Waals surface area contributed by atoms with Crippen molar-refractivity contribution >= 4 is 30.9 Å². The van der Waals surface area contributed by atoms with Crippen LogP contribution in [-0.4, -0.2) is 22.2 Å². The average molecular weight is 418 g/mol. The lowest BCUT2D eigenvalue weighted by atomic mass is 10.2. The number of benzene rings is 1. The fourth-order valence-corrected chi connectivity index (χ4v) is 3.00. The van der Waals surface area contributed by atoms with Gasteiger partial charge in [0.15, 0.2) is 12.5 Å². The maximum absolute atomic E-state index is 6.35. The van der Waals surface area contributed by atoms with Crippen molar-refractivity contribution in [3.05, 3.63) is 21.3 Å². The van der Waals surface area contributed by atoms with E-state index in [1.54, 1.807) is 7.11 Å². The Morgan fingerprint density at radius 2 is 1.86 bits per heavy atom. The molecule has 116 valence electrons. The summed E-state index contributed by atoms with van der Waals surface area (Å²) in [4.78, 5) is 0.